The van der Waals surface area contributed by atoms with E-state index in [-0.39, 0.29) is 5.82 Å². The zero-order valence-electron chi connectivity index (χ0n) is 9.38. The van der Waals surface area contributed by atoms with E-state index in [4.69, 9.17) is 12.2 Å². The molecule has 0 fully saturated rings. The van der Waals surface area contributed by atoms with Gasteiger partial charge in [-0.1, -0.05) is 5.21 Å². The molecule has 1 aromatic carbocycles. The average molecular weight is 263 g/mol. The van der Waals surface area contributed by atoms with Crippen LogP contribution in [0.15, 0.2) is 30.6 Å². The SMILES string of the molecule is Fc1ccc2[nH]c(=S)n(CCn3ccnn3)c2c1. The number of rotatable bonds is 3. The molecule has 5 nitrogen and oxygen atoms in total. The summed E-state index contributed by atoms with van der Waals surface area (Å²) in [6, 6.07) is 4.57. The van der Waals surface area contributed by atoms with Gasteiger partial charge < -0.3 is 9.55 Å². The highest BCUT2D eigenvalue weighted by Crippen LogP contribution is 2.15. The second-order valence-electron chi connectivity index (χ2n) is 3.91. The highest BCUT2D eigenvalue weighted by Gasteiger charge is 2.05. The number of nitrogens with zero attached hydrogens (tertiary/aromatic N) is 4. The highest BCUT2D eigenvalue weighted by atomic mass is 32.1. The van der Waals surface area contributed by atoms with Gasteiger partial charge in [-0.05, 0) is 30.4 Å². The van der Waals surface area contributed by atoms with Crippen LogP contribution in [0.5, 0.6) is 0 Å². The van der Waals surface area contributed by atoms with E-state index in [9.17, 15) is 4.39 Å². The first-order chi connectivity index (χ1) is 8.74. The summed E-state index contributed by atoms with van der Waals surface area (Å²) in [7, 11) is 0. The smallest absolute Gasteiger partial charge is 0.178 e. The van der Waals surface area contributed by atoms with Crippen LogP contribution in [-0.4, -0.2) is 24.5 Å². The van der Waals surface area contributed by atoms with Gasteiger partial charge in [0.1, 0.15) is 5.82 Å². The van der Waals surface area contributed by atoms with Gasteiger partial charge in [-0.25, -0.2) is 4.39 Å². The lowest BCUT2D eigenvalue weighted by Crippen LogP contribution is -2.08. The predicted octanol–water partition coefficient (Wildman–Crippen LogP) is 2.13. The maximum Gasteiger partial charge on any atom is 0.178 e. The molecule has 0 radical (unpaired) electrons. The Kier molecular flexibility index (Phi) is 2.67. The van der Waals surface area contributed by atoms with E-state index in [0.717, 1.165) is 11.0 Å². The van der Waals surface area contributed by atoms with Crippen LogP contribution in [0.25, 0.3) is 11.0 Å². The Morgan fingerprint density at radius 2 is 2.22 bits per heavy atom. The number of benzene rings is 1. The first kappa shape index (κ1) is 11.1. The molecule has 0 aliphatic heterocycles. The maximum absolute atomic E-state index is 13.3. The molecule has 2 heterocycles. The van der Waals surface area contributed by atoms with Gasteiger partial charge in [-0.3, -0.25) is 4.68 Å². The van der Waals surface area contributed by atoms with E-state index in [1.807, 2.05) is 4.57 Å². The normalized spacial score (nSPS) is 11.2. The summed E-state index contributed by atoms with van der Waals surface area (Å²) < 4.78 is 17.4. The molecule has 7 heteroatoms. The van der Waals surface area contributed by atoms with Crippen LogP contribution in [0.4, 0.5) is 4.39 Å². The molecule has 92 valence electrons. The first-order valence-corrected chi connectivity index (χ1v) is 5.87. The Morgan fingerprint density at radius 3 is 3.00 bits per heavy atom. The molecular weight excluding hydrogens is 253 g/mol. The second kappa shape index (κ2) is 4.34. The predicted molar refractivity (Wildman–Crippen MR) is 67.1 cm³/mol. The Labute approximate surface area is 107 Å². The van der Waals surface area contributed by atoms with Gasteiger partial charge in [0.2, 0.25) is 0 Å². The van der Waals surface area contributed by atoms with Gasteiger partial charge in [-0.2, -0.15) is 0 Å². The standard InChI is InChI=1S/C11H10FN5S/c12-8-1-2-9-10(7-8)17(11(18)14-9)6-5-16-4-3-13-15-16/h1-4,7H,5-6H2,(H,14,18). The number of aryl methyl sites for hydroxylation is 2. The number of nitrogens with one attached hydrogen (secondary N) is 1. The van der Waals surface area contributed by atoms with Gasteiger partial charge in [0.05, 0.1) is 23.8 Å². The second-order valence-corrected chi connectivity index (χ2v) is 4.30. The Bertz CT molecular complexity index is 728. The van der Waals surface area contributed by atoms with E-state index >= 15 is 0 Å². The Hall–Kier alpha value is -2.02. The fourth-order valence-electron chi connectivity index (χ4n) is 1.90. The van der Waals surface area contributed by atoms with Gasteiger partial charge in [0, 0.05) is 12.7 Å². The Balaban J connectivity index is 1.98. The number of halogens is 1. The molecular formula is C11H10FN5S. The van der Waals surface area contributed by atoms with E-state index in [2.05, 4.69) is 15.3 Å². The number of fused-ring (bicyclic) bond motifs is 1. The summed E-state index contributed by atoms with van der Waals surface area (Å²) in [6.07, 6.45) is 3.40. The molecule has 0 unspecified atom stereocenters. The summed E-state index contributed by atoms with van der Waals surface area (Å²) >= 11 is 5.23. The summed E-state index contributed by atoms with van der Waals surface area (Å²) in [5.41, 5.74) is 1.60. The van der Waals surface area contributed by atoms with Crippen molar-refractivity contribution >= 4 is 23.3 Å². The number of hydrogen-bond donors (Lipinski definition) is 1. The van der Waals surface area contributed by atoms with E-state index in [0.29, 0.717) is 17.9 Å². The lowest BCUT2D eigenvalue weighted by molar-refractivity contribution is 0.522. The van der Waals surface area contributed by atoms with E-state index in [1.165, 1.54) is 12.1 Å². The number of imidazole rings is 1. The van der Waals surface area contributed by atoms with Crippen molar-refractivity contribution in [1.29, 1.82) is 0 Å². The minimum absolute atomic E-state index is 0.272. The third-order valence-corrected chi connectivity index (χ3v) is 3.08. The zero-order chi connectivity index (χ0) is 12.5. The van der Waals surface area contributed by atoms with E-state index in [1.54, 1.807) is 23.1 Å². The van der Waals surface area contributed by atoms with Crippen molar-refractivity contribution in [3.05, 3.63) is 41.2 Å². The molecule has 0 aliphatic carbocycles. The van der Waals surface area contributed by atoms with Crippen LogP contribution >= 0.6 is 12.2 Å². The van der Waals surface area contributed by atoms with Crippen LogP contribution in [0.3, 0.4) is 0 Å². The van der Waals surface area contributed by atoms with Crippen LogP contribution in [-0.2, 0) is 13.1 Å². The third-order valence-electron chi connectivity index (χ3n) is 2.76. The molecule has 0 atom stereocenters. The number of hydrogen-bond acceptors (Lipinski definition) is 3. The fraction of sp³-hybridized carbons (Fsp3) is 0.182. The largest absolute Gasteiger partial charge is 0.331 e. The summed E-state index contributed by atoms with van der Waals surface area (Å²) in [4.78, 5) is 3.05. The van der Waals surface area contributed by atoms with Gasteiger partial charge in [0.25, 0.3) is 0 Å². The molecule has 18 heavy (non-hydrogen) atoms. The molecule has 2 aromatic heterocycles. The summed E-state index contributed by atoms with van der Waals surface area (Å²) in [5.74, 6) is -0.272. The van der Waals surface area contributed by atoms with Crippen LogP contribution < -0.4 is 0 Å². The Morgan fingerprint density at radius 1 is 1.33 bits per heavy atom. The van der Waals surface area contributed by atoms with Gasteiger partial charge in [0.15, 0.2) is 4.77 Å². The molecule has 0 saturated carbocycles. The van der Waals surface area contributed by atoms with Crippen LogP contribution in [0, 0.1) is 10.6 Å². The van der Waals surface area contributed by atoms with Crippen LogP contribution in [0.2, 0.25) is 0 Å². The topological polar surface area (TPSA) is 51.4 Å². The monoisotopic (exact) mass is 263 g/mol. The minimum atomic E-state index is -0.272. The molecule has 0 amide bonds. The molecule has 0 spiro atoms. The minimum Gasteiger partial charge on any atom is -0.331 e. The van der Waals surface area contributed by atoms with Crippen molar-refractivity contribution in [2.24, 2.45) is 0 Å². The van der Waals surface area contributed by atoms with Gasteiger partial charge in [-0.15, -0.1) is 5.10 Å². The highest BCUT2D eigenvalue weighted by molar-refractivity contribution is 7.71. The molecule has 3 aromatic rings. The number of aromatic nitrogens is 5. The summed E-state index contributed by atoms with van der Waals surface area (Å²) in [5, 5.41) is 7.61. The molecule has 1 N–H and O–H groups in total. The third kappa shape index (κ3) is 1.92. The van der Waals surface area contributed by atoms with Crippen molar-refractivity contribution in [2.75, 3.05) is 0 Å². The average Bonchev–Trinajstić information content (AvgIpc) is 2.94. The molecule has 0 aliphatic rings. The lowest BCUT2D eigenvalue weighted by atomic mass is 10.3. The lowest BCUT2D eigenvalue weighted by Gasteiger charge is -2.04. The summed E-state index contributed by atoms with van der Waals surface area (Å²) in [6.45, 7) is 1.25. The zero-order valence-corrected chi connectivity index (χ0v) is 10.2. The van der Waals surface area contributed by atoms with Crippen molar-refractivity contribution in [1.82, 2.24) is 24.5 Å². The molecule has 0 bridgehead atoms. The number of aromatic amines is 1. The van der Waals surface area contributed by atoms with Crippen LogP contribution in [0.1, 0.15) is 0 Å². The maximum atomic E-state index is 13.3. The van der Waals surface area contributed by atoms with Crippen molar-refractivity contribution in [3.8, 4) is 0 Å². The molecule has 3 rings (SSSR count). The van der Waals surface area contributed by atoms with Crippen molar-refractivity contribution < 1.29 is 4.39 Å². The molecule has 0 saturated heterocycles. The number of H-pyrrole nitrogens is 1. The van der Waals surface area contributed by atoms with Crippen molar-refractivity contribution in [2.45, 2.75) is 13.1 Å². The quantitative estimate of drug-likeness (QED) is 0.736. The van der Waals surface area contributed by atoms with Crippen molar-refractivity contribution in [3.63, 3.8) is 0 Å². The fourth-order valence-corrected chi connectivity index (χ4v) is 2.20. The van der Waals surface area contributed by atoms with Gasteiger partial charge >= 0.3 is 0 Å². The van der Waals surface area contributed by atoms with E-state index < -0.39 is 0 Å². The first-order valence-electron chi connectivity index (χ1n) is 5.46.